The van der Waals surface area contributed by atoms with Crippen LogP contribution in [0.1, 0.15) is 61.0 Å². The summed E-state index contributed by atoms with van der Waals surface area (Å²) in [6.07, 6.45) is -10.3. The van der Waals surface area contributed by atoms with Crippen molar-refractivity contribution in [3.63, 3.8) is 0 Å². The number of piperidine rings is 1. The summed E-state index contributed by atoms with van der Waals surface area (Å²) in [5.41, 5.74) is 3.77. The fourth-order valence-corrected chi connectivity index (χ4v) is 12.8. The number of carbonyl (C=O) groups excluding carboxylic acids is 7. The highest BCUT2D eigenvalue weighted by Crippen LogP contribution is 2.34. The molecule has 4 aliphatic rings. The maximum Gasteiger partial charge on any atom is 0.261 e. The molecule has 4 fully saturated rings. The molecule has 4 aromatic carbocycles. The lowest BCUT2D eigenvalue weighted by Crippen LogP contribution is -2.64. The lowest BCUT2D eigenvalue weighted by molar-refractivity contribution is -0.433. The number of carbonyl (C=O) groups is 7. The number of hydrogen-bond acceptors (Lipinski definition) is 24. The van der Waals surface area contributed by atoms with Crippen LogP contribution in [-0.4, -0.2) is 221 Å². The number of fused-ring (bicyclic) bond motifs is 2. The Balaban J connectivity index is 0.942. The van der Waals surface area contributed by atoms with Crippen molar-refractivity contribution in [2.45, 2.75) is 132 Å². The van der Waals surface area contributed by atoms with E-state index in [0.717, 1.165) is 71.6 Å². The van der Waals surface area contributed by atoms with Gasteiger partial charge in [-0.25, -0.2) is 11.8 Å². The van der Waals surface area contributed by atoms with E-state index in [2.05, 4.69) is 68.0 Å². The van der Waals surface area contributed by atoms with E-state index >= 15 is 0 Å². The summed E-state index contributed by atoms with van der Waals surface area (Å²) < 4.78 is 15.5. The molecule has 94 heavy (non-hydrogen) atoms. The Bertz CT molecular complexity index is 3510. The van der Waals surface area contributed by atoms with E-state index in [1.165, 1.54) is 36.5 Å². The first-order chi connectivity index (χ1) is 45.1. The molecular formula is C62H73N11O19S2. The molecule has 5 heterocycles. The number of β-amino-alcohol motifs (C(OH)–C–C–N with tert-alkyl or cyclic N) is 1. The second-order valence-corrected chi connectivity index (χ2v) is 24.9. The zero-order valence-electron chi connectivity index (χ0n) is 50.9. The fourth-order valence-electron chi connectivity index (χ4n) is 11.6. The Morgan fingerprint density at radius 1 is 0.766 bits per heavy atom. The largest absolute Gasteiger partial charge is 0.504 e. The van der Waals surface area contributed by atoms with E-state index in [1.54, 1.807) is 12.1 Å². The smallest absolute Gasteiger partial charge is 0.261 e. The van der Waals surface area contributed by atoms with Gasteiger partial charge >= 0.3 is 0 Å². The van der Waals surface area contributed by atoms with Crippen LogP contribution in [-0.2, 0) is 55.9 Å². The lowest BCUT2D eigenvalue weighted by Gasteiger charge is -2.33. The van der Waals surface area contributed by atoms with Gasteiger partial charge in [-0.1, -0.05) is 76.2 Å². The summed E-state index contributed by atoms with van der Waals surface area (Å²) in [6, 6.07) is 16.4. The SMILES string of the molecule is [C-]#[N+]C[C@@H](O)[C@@H]1NC(=O)[C@H]([C@H](O)Cc2ccc(O)c(OSOOO)c2)NC(=O)[C@@H]2C[C@H](O)CN2C(=O)[C@H]([C@H](C)O)NC(=O)[C@@H](NC(=O)c2ccc(-c3nnc(-c4ccc(N5CCC(OCc6ccccc6)CC5)cc4)s3)cc2)C[C@H](O)CNC(=O)[C@@H]2[C@@H](O)[C@H](C)CN2C1=O. The summed E-state index contributed by atoms with van der Waals surface area (Å²) in [7, 11) is 0. The molecule has 5 aromatic rings. The Labute approximate surface area is 547 Å². The van der Waals surface area contributed by atoms with Crippen molar-refractivity contribution < 1.29 is 92.9 Å². The van der Waals surface area contributed by atoms with Gasteiger partial charge in [-0.15, -0.1) is 10.2 Å². The number of phenols is 1. The van der Waals surface area contributed by atoms with Gasteiger partial charge < -0.3 is 90.8 Å². The van der Waals surface area contributed by atoms with Crippen LogP contribution in [0.15, 0.2) is 97.1 Å². The first-order valence-corrected chi connectivity index (χ1v) is 31.7. The highest BCUT2D eigenvalue weighted by Gasteiger charge is 2.50. The summed E-state index contributed by atoms with van der Waals surface area (Å²) in [4.78, 5) is 108. The maximum absolute atomic E-state index is 14.7. The van der Waals surface area contributed by atoms with Gasteiger partial charge in [0.1, 0.15) is 46.3 Å². The third kappa shape index (κ3) is 17.3. The van der Waals surface area contributed by atoms with Crippen LogP contribution in [0.2, 0.25) is 0 Å². The van der Waals surface area contributed by atoms with E-state index in [4.69, 9.17) is 20.7 Å². The number of aliphatic hydroxyl groups excluding tert-OH is 6. The number of aliphatic hydroxyl groups is 6. The van der Waals surface area contributed by atoms with Crippen LogP contribution < -0.4 is 35.7 Å². The number of phenolic OH excluding ortho intramolecular Hbond substituents is 1. The standard InChI is InChI=1S/C62H73N11O19S2/c1-32-29-73-52(53(32)80)58(85)64-27-40(75)25-43(65-54(81)36-10-12-37(13-11-36)59-69-70-60(93-59)38-14-16-39(17-15-38)71-21-19-42(20-22-71)89-31-34-7-5-4-6-8-34)55(82)66-49(33(2)74)61(86)72-30-41(76)26-44(72)56(83)67-50(57(84)68-51(62(73)87)47(79)28-63-3)46(78)23-35-9-18-45(77)48(24-35)90-94-92-91-88/h4-18,24,32-33,40-44,46-47,49-53,74-80,88H,19-23,25-31H2,1-2H3,(H,64,85)(H,65,81)(H,66,82)(H,67,83)(H,68,84)/t32-,33+,40+,41+,43+,44+,46-,47-,49+,50+,51+,52+,53+/m1/s1. The van der Waals surface area contributed by atoms with Gasteiger partial charge in [0.15, 0.2) is 17.6 Å². The molecule has 30 nitrogen and oxygen atoms in total. The average Bonchev–Trinajstić information content (AvgIpc) is 1.63. The second-order valence-electron chi connectivity index (χ2n) is 23.5. The molecule has 13 atom stereocenters. The molecule has 13 N–H and O–H groups in total. The van der Waals surface area contributed by atoms with Crippen molar-refractivity contribution in [3.8, 4) is 32.6 Å². The van der Waals surface area contributed by atoms with Gasteiger partial charge in [0.2, 0.25) is 42.0 Å². The minimum Gasteiger partial charge on any atom is -0.504 e. The molecule has 0 spiro atoms. The first-order valence-electron chi connectivity index (χ1n) is 30.2. The molecule has 4 saturated heterocycles. The molecule has 502 valence electrons. The maximum atomic E-state index is 14.7. The topological polar surface area (TPSA) is 418 Å². The lowest BCUT2D eigenvalue weighted by atomic mass is 9.99. The summed E-state index contributed by atoms with van der Waals surface area (Å²) in [5, 5.41) is 113. The molecule has 9 rings (SSSR count). The summed E-state index contributed by atoms with van der Waals surface area (Å²) >= 11 is 1.39. The zero-order chi connectivity index (χ0) is 67.3. The van der Waals surface area contributed by atoms with E-state index in [-0.39, 0.29) is 41.8 Å². The first kappa shape index (κ1) is 69.9. The summed E-state index contributed by atoms with van der Waals surface area (Å²) in [6.45, 7) is 9.91. The van der Waals surface area contributed by atoms with Crippen molar-refractivity contribution in [2.75, 3.05) is 44.2 Å². The highest BCUT2D eigenvalue weighted by molar-refractivity contribution is 7.90. The Morgan fingerprint density at radius 2 is 1.41 bits per heavy atom. The molecule has 0 saturated carbocycles. The van der Waals surface area contributed by atoms with E-state index in [0.29, 0.717) is 22.2 Å². The summed E-state index contributed by atoms with van der Waals surface area (Å²) in [5.74, 6) is -9.64. The molecule has 32 heteroatoms. The number of nitrogens with one attached hydrogen (secondary N) is 5. The number of rotatable bonds is 18. The van der Waals surface area contributed by atoms with E-state index in [9.17, 15) is 69.3 Å². The molecule has 0 radical (unpaired) electrons. The normalized spacial score (nSPS) is 25.5. The van der Waals surface area contributed by atoms with Crippen molar-refractivity contribution in [1.82, 2.24) is 46.6 Å². The number of hydrogen-bond donors (Lipinski definition) is 13. The Hall–Kier alpha value is -8.43. The number of nitrogens with zero attached hydrogens (tertiary/aromatic N) is 6. The van der Waals surface area contributed by atoms with Crippen LogP contribution in [0.25, 0.3) is 26.0 Å². The number of benzene rings is 4. The highest BCUT2D eigenvalue weighted by atomic mass is 32.2. The van der Waals surface area contributed by atoms with Gasteiger partial charge in [-0.2, -0.15) is 0 Å². The second kappa shape index (κ2) is 32.1. The van der Waals surface area contributed by atoms with Crippen molar-refractivity contribution >= 4 is 70.7 Å². The number of ether oxygens (including phenoxy) is 1. The van der Waals surface area contributed by atoms with Gasteiger partial charge in [0, 0.05) is 80.3 Å². The van der Waals surface area contributed by atoms with Gasteiger partial charge in [-0.05, 0) is 79.4 Å². The average molecular weight is 1340 g/mol. The number of amides is 7. The predicted molar refractivity (Wildman–Crippen MR) is 335 cm³/mol. The minimum absolute atomic E-state index is 0.0167. The van der Waals surface area contributed by atoms with Crippen LogP contribution in [0.4, 0.5) is 5.69 Å². The molecule has 0 unspecified atom stereocenters. The van der Waals surface area contributed by atoms with Crippen LogP contribution in [0.5, 0.6) is 11.5 Å². The van der Waals surface area contributed by atoms with Crippen LogP contribution in [0.3, 0.4) is 0 Å². The number of anilines is 1. The molecular weight excluding hydrogens is 1270 g/mol. The zero-order valence-corrected chi connectivity index (χ0v) is 52.5. The third-order valence-electron chi connectivity index (χ3n) is 16.7. The molecule has 7 amide bonds. The predicted octanol–water partition coefficient (Wildman–Crippen LogP) is -0.00571. The number of aromatic hydroxyl groups is 1. The molecule has 1 aromatic heterocycles. The fraction of sp³-hybridized carbons (Fsp3) is 0.452. The monoisotopic (exact) mass is 1340 g/mol. The van der Waals surface area contributed by atoms with Gasteiger partial charge in [0.25, 0.3) is 18.2 Å². The quantitative estimate of drug-likeness (QED) is 0.0180. The minimum atomic E-state index is -2.15. The Kier molecular flexibility index (Phi) is 23.9. The van der Waals surface area contributed by atoms with Crippen LogP contribution in [0, 0.1) is 12.5 Å². The van der Waals surface area contributed by atoms with Crippen molar-refractivity contribution in [1.29, 1.82) is 0 Å². The van der Waals surface area contributed by atoms with Gasteiger partial charge in [-0.3, -0.25) is 33.6 Å². The van der Waals surface area contributed by atoms with E-state index < -0.39 is 165 Å². The molecule has 0 aliphatic carbocycles. The van der Waals surface area contributed by atoms with Crippen molar-refractivity contribution in [2.24, 2.45) is 5.92 Å². The third-order valence-corrected chi connectivity index (χ3v) is 18.1. The van der Waals surface area contributed by atoms with Crippen molar-refractivity contribution in [3.05, 3.63) is 125 Å². The van der Waals surface area contributed by atoms with Gasteiger partial charge in [0.05, 0.1) is 43.2 Å². The van der Waals surface area contributed by atoms with E-state index in [1.807, 2.05) is 42.5 Å². The Morgan fingerprint density at radius 3 is 2.07 bits per heavy atom. The number of aromatic nitrogens is 2. The molecule has 4 aliphatic heterocycles. The molecule has 0 bridgehead atoms. The van der Waals surface area contributed by atoms with Crippen LogP contribution >= 0.6 is 23.7 Å².